The predicted molar refractivity (Wildman–Crippen MR) is 105 cm³/mol. The van der Waals surface area contributed by atoms with Gasteiger partial charge in [-0.2, -0.15) is 0 Å². The number of amides is 2. The van der Waals surface area contributed by atoms with Gasteiger partial charge in [0.15, 0.2) is 6.04 Å². The summed E-state index contributed by atoms with van der Waals surface area (Å²) in [6.07, 6.45) is 0.0928. The number of carbonyl (C=O) groups excluding carboxylic acids is 2. The Hall–Kier alpha value is -2.84. The first-order valence-electron chi connectivity index (χ1n) is 10.1. The van der Waals surface area contributed by atoms with Crippen LogP contribution in [0, 0.1) is 11.6 Å². The van der Waals surface area contributed by atoms with E-state index < -0.39 is 11.9 Å². The van der Waals surface area contributed by atoms with Gasteiger partial charge in [0, 0.05) is 0 Å². The van der Waals surface area contributed by atoms with Crippen LogP contribution in [0.25, 0.3) is 0 Å². The van der Waals surface area contributed by atoms with Crippen LogP contribution < -0.4 is 19.4 Å². The number of quaternary nitrogens is 2. The third-order valence-electron chi connectivity index (χ3n) is 6.02. The molecule has 2 heterocycles. The minimum absolute atomic E-state index is 0.0249. The number of ether oxygens (including phenoxy) is 1. The fourth-order valence-electron chi connectivity index (χ4n) is 4.44. The van der Waals surface area contributed by atoms with E-state index in [-0.39, 0.29) is 29.7 Å². The number of anilines is 1. The molecule has 2 aliphatic heterocycles. The molecule has 2 amide bonds. The van der Waals surface area contributed by atoms with Crippen molar-refractivity contribution < 1.29 is 32.9 Å². The Morgan fingerprint density at radius 3 is 2.50 bits per heavy atom. The van der Waals surface area contributed by atoms with E-state index in [2.05, 4.69) is 0 Å². The molecule has 4 rings (SSSR count). The lowest BCUT2D eigenvalue weighted by atomic mass is 10.1. The summed E-state index contributed by atoms with van der Waals surface area (Å²) in [4.78, 5) is 28.7. The summed E-state index contributed by atoms with van der Waals surface area (Å²) in [6.45, 7) is 3.62. The number of rotatable bonds is 5. The number of nitrogens with one attached hydrogen (secondary N) is 2. The van der Waals surface area contributed by atoms with Gasteiger partial charge in [0.05, 0.1) is 24.8 Å². The van der Waals surface area contributed by atoms with Crippen LogP contribution in [0.1, 0.15) is 12.0 Å². The molecule has 2 aromatic rings. The molecule has 0 saturated carbocycles. The standard InChI is InChI=1S/C22H23F2N3O3/c1-30-20-7-6-16(23)12-15(20)14-25-8-10-26(11-9-25)19-13-21(28)27(22(19)29)18-5-3-2-4-17(18)24/h2-7,12,19H,8-11,13-14H2,1H3/p+2/t19-/m1/s1. The van der Waals surface area contributed by atoms with Gasteiger partial charge < -0.3 is 14.5 Å². The average Bonchev–Trinajstić information content (AvgIpc) is 3.03. The average molecular weight is 417 g/mol. The number of nitrogens with zero attached hydrogens (tertiary/aromatic N) is 1. The Morgan fingerprint density at radius 1 is 1.07 bits per heavy atom. The second kappa shape index (κ2) is 8.49. The fourth-order valence-corrected chi connectivity index (χ4v) is 4.44. The zero-order valence-corrected chi connectivity index (χ0v) is 16.8. The van der Waals surface area contributed by atoms with Crippen LogP contribution in [0.15, 0.2) is 42.5 Å². The summed E-state index contributed by atoms with van der Waals surface area (Å²) in [5.74, 6) is -0.904. The smallest absolute Gasteiger partial charge is 0.292 e. The number of hydrogen-bond donors (Lipinski definition) is 2. The Labute approximate surface area is 173 Å². The highest BCUT2D eigenvalue weighted by molar-refractivity contribution is 6.21. The molecule has 8 heteroatoms. The monoisotopic (exact) mass is 417 g/mol. The van der Waals surface area contributed by atoms with E-state index in [9.17, 15) is 18.4 Å². The zero-order valence-electron chi connectivity index (χ0n) is 16.8. The number of piperazine rings is 1. The maximum atomic E-state index is 14.1. The molecule has 0 unspecified atom stereocenters. The Bertz CT molecular complexity index is 960. The first-order valence-corrected chi connectivity index (χ1v) is 10.1. The maximum absolute atomic E-state index is 14.1. The number of benzene rings is 2. The highest BCUT2D eigenvalue weighted by Gasteiger charge is 2.47. The molecule has 2 saturated heterocycles. The molecule has 0 aromatic heterocycles. The van der Waals surface area contributed by atoms with E-state index in [1.807, 2.05) is 0 Å². The van der Waals surface area contributed by atoms with E-state index in [1.165, 1.54) is 35.2 Å². The molecule has 0 aliphatic carbocycles. The second-order valence-corrected chi connectivity index (χ2v) is 7.82. The van der Waals surface area contributed by atoms with Crippen LogP contribution in [-0.2, 0) is 16.1 Å². The van der Waals surface area contributed by atoms with Gasteiger partial charge in [0.2, 0.25) is 5.91 Å². The van der Waals surface area contributed by atoms with Gasteiger partial charge >= 0.3 is 0 Å². The summed E-state index contributed by atoms with van der Waals surface area (Å²) in [6, 6.07) is 9.87. The van der Waals surface area contributed by atoms with Gasteiger partial charge in [0.25, 0.3) is 5.91 Å². The first kappa shape index (κ1) is 20.4. The molecule has 0 bridgehead atoms. The van der Waals surface area contributed by atoms with Crippen LogP contribution in [0.3, 0.4) is 0 Å². The number of para-hydroxylation sites is 1. The van der Waals surface area contributed by atoms with E-state index in [1.54, 1.807) is 19.2 Å². The molecular weight excluding hydrogens is 392 g/mol. The Morgan fingerprint density at radius 2 is 1.80 bits per heavy atom. The number of imide groups is 1. The van der Waals surface area contributed by atoms with Crippen molar-refractivity contribution >= 4 is 17.5 Å². The van der Waals surface area contributed by atoms with E-state index in [4.69, 9.17) is 4.74 Å². The molecule has 0 spiro atoms. The quantitative estimate of drug-likeness (QED) is 0.651. The maximum Gasteiger partial charge on any atom is 0.292 e. The van der Waals surface area contributed by atoms with Crippen LogP contribution in [0.4, 0.5) is 14.5 Å². The fraction of sp³-hybridized carbons (Fsp3) is 0.364. The van der Waals surface area contributed by atoms with Crippen molar-refractivity contribution in [2.75, 3.05) is 38.2 Å². The lowest BCUT2D eigenvalue weighted by molar-refractivity contribution is -1.02. The highest BCUT2D eigenvalue weighted by atomic mass is 19.1. The molecule has 2 N–H and O–H groups in total. The van der Waals surface area contributed by atoms with Gasteiger partial charge in [0.1, 0.15) is 50.1 Å². The largest absolute Gasteiger partial charge is 0.496 e. The van der Waals surface area contributed by atoms with Crippen molar-refractivity contribution in [2.24, 2.45) is 0 Å². The normalized spacial score (nSPS) is 24.4. The van der Waals surface area contributed by atoms with Crippen molar-refractivity contribution in [3.05, 3.63) is 59.7 Å². The minimum Gasteiger partial charge on any atom is -0.496 e. The van der Waals surface area contributed by atoms with Crippen molar-refractivity contribution in [3.8, 4) is 5.75 Å². The van der Waals surface area contributed by atoms with Crippen LogP contribution >= 0.6 is 0 Å². The zero-order chi connectivity index (χ0) is 21.3. The van der Waals surface area contributed by atoms with Gasteiger partial charge in [-0.05, 0) is 30.3 Å². The molecular formula is C22H25F2N3O3+2. The summed E-state index contributed by atoms with van der Waals surface area (Å²) < 4.78 is 33.1. The number of methoxy groups -OCH3 is 1. The molecule has 2 aromatic carbocycles. The minimum atomic E-state index is -0.576. The summed E-state index contributed by atoms with van der Waals surface area (Å²) >= 11 is 0. The molecule has 6 nitrogen and oxygen atoms in total. The molecule has 1 atom stereocenters. The van der Waals surface area contributed by atoms with Crippen molar-refractivity contribution in [2.45, 2.75) is 19.0 Å². The molecule has 2 fully saturated rings. The Balaban J connectivity index is 1.40. The SMILES string of the molecule is COc1ccc(F)cc1C[NH+]1CC[NH+]([C@@H]2CC(=O)N(c3ccccc3F)C2=O)CC1. The summed E-state index contributed by atoms with van der Waals surface area (Å²) in [5, 5.41) is 0. The third kappa shape index (κ3) is 3.93. The van der Waals surface area contributed by atoms with Crippen molar-refractivity contribution in [3.63, 3.8) is 0 Å². The lowest BCUT2D eigenvalue weighted by Gasteiger charge is -2.32. The first-order chi connectivity index (χ1) is 14.5. The van der Waals surface area contributed by atoms with Crippen LogP contribution in [0.5, 0.6) is 5.75 Å². The van der Waals surface area contributed by atoms with E-state index in [0.717, 1.165) is 28.5 Å². The number of carbonyl (C=O) groups is 2. The van der Waals surface area contributed by atoms with Gasteiger partial charge in [-0.3, -0.25) is 9.59 Å². The topological polar surface area (TPSA) is 55.5 Å². The summed E-state index contributed by atoms with van der Waals surface area (Å²) in [7, 11) is 1.57. The van der Waals surface area contributed by atoms with Crippen molar-refractivity contribution in [1.82, 2.24) is 0 Å². The number of halogens is 2. The van der Waals surface area contributed by atoms with E-state index in [0.29, 0.717) is 25.4 Å². The molecule has 30 heavy (non-hydrogen) atoms. The van der Waals surface area contributed by atoms with Gasteiger partial charge in [-0.1, -0.05) is 12.1 Å². The van der Waals surface area contributed by atoms with Gasteiger partial charge in [-0.15, -0.1) is 0 Å². The van der Waals surface area contributed by atoms with E-state index >= 15 is 0 Å². The third-order valence-corrected chi connectivity index (χ3v) is 6.02. The molecule has 0 radical (unpaired) electrons. The number of hydrogen-bond acceptors (Lipinski definition) is 3. The highest BCUT2D eigenvalue weighted by Crippen LogP contribution is 2.24. The van der Waals surface area contributed by atoms with Gasteiger partial charge in [-0.25, -0.2) is 13.7 Å². The second-order valence-electron chi connectivity index (χ2n) is 7.82. The summed E-state index contributed by atoms with van der Waals surface area (Å²) in [5.41, 5.74) is 0.839. The molecule has 2 aliphatic rings. The Kier molecular flexibility index (Phi) is 5.78. The predicted octanol–water partition coefficient (Wildman–Crippen LogP) is -0.411. The van der Waals surface area contributed by atoms with Crippen molar-refractivity contribution in [1.29, 1.82) is 0 Å². The van der Waals surface area contributed by atoms with Crippen LogP contribution in [0.2, 0.25) is 0 Å². The lowest BCUT2D eigenvalue weighted by Crippen LogP contribution is -3.29. The molecule has 158 valence electrons. The van der Waals surface area contributed by atoms with Crippen LogP contribution in [-0.4, -0.2) is 51.1 Å².